The first-order chi connectivity index (χ1) is 23.3. The molecule has 3 aliphatic heterocycles. The number of imide groups is 1. The van der Waals surface area contributed by atoms with Gasteiger partial charge in [-0.3, -0.25) is 34.5 Å². The fraction of sp³-hybridized carbons (Fsp3) is 0.486. The predicted octanol–water partition coefficient (Wildman–Crippen LogP) is 3.46. The van der Waals surface area contributed by atoms with E-state index in [-0.39, 0.29) is 30.9 Å². The van der Waals surface area contributed by atoms with Crippen LogP contribution in [-0.2, 0) is 23.2 Å². The van der Waals surface area contributed by atoms with Gasteiger partial charge >= 0.3 is 0 Å². The standard InChI is InChI=1S/C35H42F3N7O4/c1-21-22(2)34(48)42(3)18-25(21)23-15-30(49-4)28(39-17-23)19-43-10-9-31(35(37,38)20-43)45-13-11-44(12-14-45)29-7-5-24(16-26(29)36)40-27-6-8-32(46)41-33(27)47/h5,7,15-18,27,31,40H,6,8-14,19-20H2,1-4H3,(H,41,46,47). The van der Waals surface area contributed by atoms with Gasteiger partial charge in [-0.2, -0.15) is 0 Å². The highest BCUT2D eigenvalue weighted by atomic mass is 19.3. The molecule has 0 radical (unpaired) electrons. The van der Waals surface area contributed by atoms with Crippen molar-refractivity contribution in [3.8, 4) is 16.9 Å². The first kappa shape index (κ1) is 34.4. The quantitative estimate of drug-likeness (QED) is 0.346. The number of likely N-dealkylation sites (tertiary alicyclic amines) is 1. The van der Waals surface area contributed by atoms with Crippen molar-refractivity contribution in [3.05, 3.63) is 69.7 Å². The molecule has 5 heterocycles. The van der Waals surface area contributed by atoms with Crippen LogP contribution in [0.25, 0.3) is 11.1 Å². The average Bonchev–Trinajstić information content (AvgIpc) is 3.07. The first-order valence-electron chi connectivity index (χ1n) is 16.5. The number of piperidine rings is 2. The van der Waals surface area contributed by atoms with E-state index in [9.17, 15) is 14.4 Å². The molecule has 2 N–H and O–H groups in total. The maximum Gasteiger partial charge on any atom is 0.275 e. The van der Waals surface area contributed by atoms with Gasteiger partial charge < -0.3 is 19.5 Å². The molecule has 6 rings (SSSR count). The number of anilines is 2. The summed E-state index contributed by atoms with van der Waals surface area (Å²) >= 11 is 0. The molecule has 0 aliphatic carbocycles. The molecular formula is C35H42F3N7O4. The van der Waals surface area contributed by atoms with E-state index in [1.807, 2.05) is 22.8 Å². The molecule has 3 aliphatic rings. The molecule has 49 heavy (non-hydrogen) atoms. The van der Waals surface area contributed by atoms with E-state index in [1.165, 1.54) is 17.7 Å². The van der Waals surface area contributed by atoms with Gasteiger partial charge in [0, 0.05) is 87.5 Å². The fourth-order valence-corrected chi connectivity index (χ4v) is 7.14. The van der Waals surface area contributed by atoms with Gasteiger partial charge in [-0.1, -0.05) is 0 Å². The number of carbonyl (C=O) groups is 2. The number of aryl methyl sites for hydroxylation is 1. The van der Waals surface area contributed by atoms with E-state index in [1.54, 1.807) is 43.4 Å². The lowest BCUT2D eigenvalue weighted by Crippen LogP contribution is -2.61. The van der Waals surface area contributed by atoms with Crippen LogP contribution in [0.1, 0.15) is 36.1 Å². The Morgan fingerprint density at radius 3 is 2.47 bits per heavy atom. The molecule has 0 bridgehead atoms. The van der Waals surface area contributed by atoms with E-state index in [0.29, 0.717) is 67.5 Å². The summed E-state index contributed by atoms with van der Waals surface area (Å²) in [4.78, 5) is 45.8. The number of nitrogens with zero attached hydrogens (tertiary/aromatic N) is 5. The van der Waals surface area contributed by atoms with Crippen LogP contribution < -0.4 is 25.8 Å². The molecule has 1 aromatic carbocycles. The summed E-state index contributed by atoms with van der Waals surface area (Å²) in [6.07, 6.45) is 4.28. The van der Waals surface area contributed by atoms with Crippen molar-refractivity contribution < 1.29 is 27.5 Å². The monoisotopic (exact) mass is 681 g/mol. The molecule has 11 nitrogen and oxygen atoms in total. The smallest absolute Gasteiger partial charge is 0.275 e. The number of amides is 2. The number of halogens is 3. The maximum atomic E-state index is 15.7. The van der Waals surface area contributed by atoms with E-state index in [4.69, 9.17) is 4.74 Å². The summed E-state index contributed by atoms with van der Waals surface area (Å²) in [5.74, 6) is -3.70. The van der Waals surface area contributed by atoms with Crippen molar-refractivity contribution in [1.29, 1.82) is 0 Å². The van der Waals surface area contributed by atoms with Crippen LogP contribution in [0, 0.1) is 19.7 Å². The van der Waals surface area contributed by atoms with Gasteiger partial charge in [-0.05, 0) is 56.5 Å². The Balaban J connectivity index is 1.05. The van der Waals surface area contributed by atoms with Crippen molar-refractivity contribution in [2.75, 3.05) is 56.6 Å². The van der Waals surface area contributed by atoms with Crippen LogP contribution in [0.3, 0.4) is 0 Å². The molecule has 2 amide bonds. The highest BCUT2D eigenvalue weighted by Crippen LogP contribution is 2.35. The second-order valence-electron chi connectivity index (χ2n) is 13.2. The second kappa shape index (κ2) is 13.8. The normalized spacial score (nSPS) is 21.8. The highest BCUT2D eigenvalue weighted by Gasteiger charge is 2.48. The summed E-state index contributed by atoms with van der Waals surface area (Å²) < 4.78 is 53.7. The minimum absolute atomic E-state index is 0.0641. The SMILES string of the molecule is COc1cc(-c2cn(C)c(=O)c(C)c2C)cnc1CN1CCC(N2CCN(c3ccc(NC4CCC(=O)NC4=O)cc3F)CC2)C(F)(F)C1. The van der Waals surface area contributed by atoms with Crippen LogP contribution in [-0.4, -0.2) is 95.5 Å². The van der Waals surface area contributed by atoms with Gasteiger partial charge in [0.1, 0.15) is 17.6 Å². The number of benzene rings is 1. The Morgan fingerprint density at radius 2 is 1.80 bits per heavy atom. The number of methoxy groups -OCH3 is 1. The van der Waals surface area contributed by atoms with Gasteiger partial charge in [0.2, 0.25) is 11.8 Å². The van der Waals surface area contributed by atoms with Gasteiger partial charge in [0.25, 0.3) is 11.5 Å². The zero-order chi connectivity index (χ0) is 35.0. The van der Waals surface area contributed by atoms with Crippen LogP contribution in [0.5, 0.6) is 5.75 Å². The molecule has 2 aromatic heterocycles. The summed E-state index contributed by atoms with van der Waals surface area (Å²) in [6, 6.07) is 4.92. The minimum atomic E-state index is -2.97. The van der Waals surface area contributed by atoms with E-state index in [0.717, 1.165) is 16.7 Å². The largest absolute Gasteiger partial charge is 0.495 e. The van der Waals surface area contributed by atoms with E-state index >= 15 is 13.2 Å². The Hall–Kier alpha value is -4.43. The molecule has 0 spiro atoms. The van der Waals surface area contributed by atoms with Crippen LogP contribution in [0.2, 0.25) is 0 Å². The zero-order valence-corrected chi connectivity index (χ0v) is 28.2. The van der Waals surface area contributed by atoms with Crippen molar-refractivity contribution >= 4 is 23.2 Å². The summed E-state index contributed by atoms with van der Waals surface area (Å²) in [7, 11) is 3.23. The lowest BCUT2D eigenvalue weighted by atomic mass is 9.97. The molecule has 262 valence electrons. The number of pyridine rings is 2. The lowest BCUT2D eigenvalue weighted by Gasteiger charge is -2.46. The number of piperazine rings is 1. The molecule has 2 atom stereocenters. The fourth-order valence-electron chi connectivity index (χ4n) is 7.14. The Bertz CT molecular complexity index is 1810. The molecule has 2 unspecified atom stereocenters. The molecule has 0 saturated carbocycles. The molecule has 3 saturated heterocycles. The predicted molar refractivity (Wildman–Crippen MR) is 180 cm³/mol. The number of rotatable bonds is 8. The van der Waals surface area contributed by atoms with E-state index in [2.05, 4.69) is 15.6 Å². The minimum Gasteiger partial charge on any atom is -0.495 e. The summed E-state index contributed by atoms with van der Waals surface area (Å²) in [5, 5.41) is 5.26. The Kier molecular flexibility index (Phi) is 9.72. The van der Waals surface area contributed by atoms with Crippen molar-refractivity contribution in [2.24, 2.45) is 7.05 Å². The number of ether oxygens (including phenoxy) is 1. The Morgan fingerprint density at radius 1 is 1.04 bits per heavy atom. The molecule has 3 aromatic rings. The summed E-state index contributed by atoms with van der Waals surface area (Å²) in [6.45, 7) is 5.47. The van der Waals surface area contributed by atoms with Crippen molar-refractivity contribution in [1.82, 2.24) is 24.7 Å². The average molecular weight is 682 g/mol. The zero-order valence-electron chi connectivity index (χ0n) is 28.2. The number of hydrogen-bond acceptors (Lipinski definition) is 9. The Labute approximate surface area is 283 Å². The van der Waals surface area contributed by atoms with Gasteiger partial charge in [0.05, 0.1) is 31.1 Å². The highest BCUT2D eigenvalue weighted by molar-refractivity contribution is 6.01. The van der Waals surface area contributed by atoms with Crippen LogP contribution in [0.4, 0.5) is 24.5 Å². The van der Waals surface area contributed by atoms with Gasteiger partial charge in [-0.15, -0.1) is 0 Å². The molecule has 3 fully saturated rings. The number of aromatic nitrogens is 2. The third-order valence-electron chi connectivity index (χ3n) is 10.0. The van der Waals surface area contributed by atoms with Crippen LogP contribution >= 0.6 is 0 Å². The van der Waals surface area contributed by atoms with Gasteiger partial charge in [-0.25, -0.2) is 13.2 Å². The number of hydrogen-bond donors (Lipinski definition) is 2. The topological polar surface area (TPSA) is 112 Å². The third kappa shape index (κ3) is 7.16. The van der Waals surface area contributed by atoms with Crippen LogP contribution in [0.15, 0.2) is 41.5 Å². The molecule has 14 heteroatoms. The number of carbonyl (C=O) groups excluding carboxylic acids is 2. The van der Waals surface area contributed by atoms with E-state index < -0.39 is 36.3 Å². The van der Waals surface area contributed by atoms with Crippen molar-refractivity contribution in [2.45, 2.75) is 57.7 Å². The van der Waals surface area contributed by atoms with Crippen molar-refractivity contribution in [3.63, 3.8) is 0 Å². The third-order valence-corrected chi connectivity index (χ3v) is 10.0. The second-order valence-corrected chi connectivity index (χ2v) is 13.2. The lowest BCUT2D eigenvalue weighted by molar-refractivity contribution is -0.133. The first-order valence-corrected chi connectivity index (χ1v) is 16.5. The number of alkyl halides is 2. The molecular weight excluding hydrogens is 639 g/mol. The van der Waals surface area contributed by atoms with Gasteiger partial charge in [0.15, 0.2) is 0 Å². The number of nitrogens with one attached hydrogen (secondary N) is 2. The maximum absolute atomic E-state index is 15.7. The summed E-state index contributed by atoms with van der Waals surface area (Å²) in [5.41, 5.74) is 4.44.